The molecule has 1 saturated heterocycles. The molecule has 0 spiro atoms. The van der Waals surface area contributed by atoms with Crippen molar-refractivity contribution < 1.29 is 34.4 Å². The molecule has 1 fully saturated rings. The third-order valence-electron chi connectivity index (χ3n) is 4.22. The van der Waals surface area contributed by atoms with E-state index < -0.39 is 38.9 Å². The van der Waals surface area contributed by atoms with Crippen LogP contribution in [0.3, 0.4) is 0 Å². The first-order valence-corrected chi connectivity index (χ1v) is 9.61. The van der Waals surface area contributed by atoms with Crippen LogP contribution in [-0.2, 0) is 9.30 Å². The van der Waals surface area contributed by atoms with E-state index in [9.17, 15) is 15.3 Å². The van der Waals surface area contributed by atoms with Crippen molar-refractivity contribution >= 4 is 30.4 Å². The zero-order valence-corrected chi connectivity index (χ0v) is 15.5. The lowest BCUT2D eigenvalue weighted by molar-refractivity contribution is -0.0508. The summed E-state index contributed by atoms with van der Waals surface area (Å²) < 4.78 is 16.3. The Hall–Kier alpha value is -2.16. The van der Waals surface area contributed by atoms with Gasteiger partial charge in [0.15, 0.2) is 17.9 Å². The number of amidine groups is 1. The Kier molecular flexibility index (Phi) is 5.40. The lowest BCUT2D eigenvalue weighted by atomic mass is 10.1. The Labute approximate surface area is 157 Å². The van der Waals surface area contributed by atoms with Crippen molar-refractivity contribution in [1.29, 1.82) is 0 Å². The highest BCUT2D eigenvalue weighted by Crippen LogP contribution is 2.37. The number of anilines is 1. The summed E-state index contributed by atoms with van der Waals surface area (Å²) in [6.45, 7) is -0.395. The molecule has 2 aliphatic heterocycles. The van der Waals surface area contributed by atoms with Crippen molar-refractivity contribution in [2.45, 2.75) is 24.5 Å². The molecule has 154 valence electrons. The average Bonchev–Trinajstić information content (AvgIpc) is 3.11. The van der Waals surface area contributed by atoms with E-state index in [4.69, 9.17) is 24.8 Å². The van der Waals surface area contributed by atoms with Crippen LogP contribution in [0.2, 0.25) is 0 Å². The van der Waals surface area contributed by atoms with Crippen molar-refractivity contribution in [2.24, 2.45) is 16.3 Å². The van der Waals surface area contributed by atoms with Crippen LogP contribution < -0.4 is 16.2 Å². The van der Waals surface area contributed by atoms with Gasteiger partial charge in [0, 0.05) is 18.8 Å². The lowest BCUT2D eigenvalue weighted by Crippen LogP contribution is -2.33. The molecule has 0 unspecified atom stereocenters. The first-order valence-electron chi connectivity index (χ1n) is 7.93. The Morgan fingerprint density at radius 3 is 2.50 bits per heavy atom. The molecule has 0 bridgehead atoms. The monoisotopic (exact) mass is 417 g/mol. The van der Waals surface area contributed by atoms with E-state index in [1.54, 1.807) is 22.8 Å². The maximum Gasteiger partial charge on any atom is 0.397 e. The first-order chi connectivity index (χ1) is 13.0. The van der Waals surface area contributed by atoms with Gasteiger partial charge in [-0.05, 0) is 0 Å². The molecular weight excluding hydrogens is 397 g/mol. The molecule has 28 heavy (non-hydrogen) atoms. The van der Waals surface area contributed by atoms with Crippen LogP contribution in [0.25, 0.3) is 11.0 Å². The number of hydrogen-bond donors (Lipinski definition) is 7. The average molecular weight is 417 g/mol. The fourth-order valence-electron chi connectivity index (χ4n) is 3.07. The predicted molar refractivity (Wildman–Crippen MR) is 95.9 cm³/mol. The molecule has 0 saturated carbocycles. The van der Waals surface area contributed by atoms with Gasteiger partial charge in [0.25, 0.3) is 0 Å². The number of ether oxygens (including phenoxy) is 1. The Morgan fingerprint density at radius 2 is 1.93 bits per heavy atom. The van der Waals surface area contributed by atoms with Crippen molar-refractivity contribution in [3.05, 3.63) is 18.1 Å². The number of aromatic nitrogens is 3. The summed E-state index contributed by atoms with van der Waals surface area (Å²) in [5.41, 5.74) is 11.1. The van der Waals surface area contributed by atoms with Gasteiger partial charge in [0.2, 0.25) is 0 Å². The highest BCUT2D eigenvalue weighted by molar-refractivity contribution is 7.49. The minimum absolute atomic E-state index is 0.297. The third kappa shape index (κ3) is 3.72. The molecule has 9 N–H and O–H groups in total. The summed E-state index contributed by atoms with van der Waals surface area (Å²) in [5, 5.41) is 35.9. The van der Waals surface area contributed by atoms with E-state index in [1.807, 2.05) is 0 Å². The van der Waals surface area contributed by atoms with Gasteiger partial charge < -0.3 is 40.1 Å². The predicted octanol–water partition coefficient (Wildman–Crippen LogP) is -2.85. The van der Waals surface area contributed by atoms with Gasteiger partial charge in [-0.1, -0.05) is 0 Å². The number of nitrogens with zero attached hydrogens (tertiary/aromatic N) is 5. The highest BCUT2D eigenvalue weighted by Gasteiger charge is 2.44. The molecule has 2 aromatic rings. The second-order valence-corrected chi connectivity index (χ2v) is 7.35. The Balaban J connectivity index is 0.000000403. The fourth-order valence-corrected chi connectivity index (χ4v) is 3.07. The highest BCUT2D eigenvalue weighted by atomic mass is 31.2. The van der Waals surface area contributed by atoms with E-state index >= 15 is 0 Å². The lowest BCUT2D eigenvalue weighted by Gasteiger charge is -2.19. The number of nitrogens with two attached hydrogens (primary N) is 2. The molecule has 14 nitrogen and oxygen atoms in total. The van der Waals surface area contributed by atoms with Gasteiger partial charge >= 0.3 is 7.75 Å². The topological polar surface area (TPSA) is 226 Å². The number of hydrogen-bond acceptors (Lipinski definition) is 10. The van der Waals surface area contributed by atoms with Crippen LogP contribution in [0, 0.1) is 0 Å². The summed E-state index contributed by atoms with van der Waals surface area (Å²) in [6.07, 6.45) is -1.10. The van der Waals surface area contributed by atoms with E-state index in [0.717, 1.165) is 0 Å². The zero-order chi connectivity index (χ0) is 20.8. The first kappa shape index (κ1) is 20.6. The summed E-state index contributed by atoms with van der Waals surface area (Å²) in [4.78, 5) is 23.3. The van der Waals surface area contributed by atoms with Gasteiger partial charge in [0.1, 0.15) is 30.3 Å². The second kappa shape index (κ2) is 7.35. The maximum absolute atomic E-state index is 10.2. The largest absolute Gasteiger partial charge is 0.397 e. The van der Waals surface area contributed by atoms with Crippen LogP contribution in [0.1, 0.15) is 11.8 Å². The number of rotatable bonds is 2. The fraction of sp³-hybridized carbons (Fsp3) is 0.462. The van der Waals surface area contributed by atoms with Gasteiger partial charge in [-0.2, -0.15) is 5.10 Å². The van der Waals surface area contributed by atoms with Crippen molar-refractivity contribution in [3.8, 4) is 0 Å². The number of aliphatic hydroxyl groups is 3. The number of hydrazone groups is 1. The summed E-state index contributed by atoms with van der Waals surface area (Å²) >= 11 is 0. The van der Waals surface area contributed by atoms with E-state index in [1.165, 1.54) is 6.33 Å². The van der Waals surface area contributed by atoms with Crippen LogP contribution in [0.5, 0.6) is 0 Å². The van der Waals surface area contributed by atoms with Crippen LogP contribution in [0.15, 0.2) is 17.6 Å². The molecule has 2 aromatic heterocycles. The normalized spacial score (nSPS) is 26.8. The van der Waals surface area contributed by atoms with Gasteiger partial charge in [-0.15, -0.1) is 0 Å². The summed E-state index contributed by atoms with van der Waals surface area (Å²) in [7, 11) is -2.42. The molecule has 2 aliphatic rings. The van der Waals surface area contributed by atoms with Crippen LogP contribution in [0.4, 0.5) is 5.82 Å². The Bertz CT molecular complexity index is 952. The van der Waals surface area contributed by atoms with Gasteiger partial charge in [-0.25, -0.2) is 25.0 Å². The van der Waals surface area contributed by atoms with Gasteiger partial charge in [-0.3, -0.25) is 0 Å². The minimum Gasteiger partial charge on any atom is -0.394 e. The second-order valence-electron chi connectivity index (χ2n) is 6.17. The van der Waals surface area contributed by atoms with Crippen molar-refractivity contribution in [2.75, 3.05) is 18.7 Å². The standard InChI is InChI=1S/C13H16N6O4.H4NO3P/c1-18-11-7-5(10(14)17-18)2-19(12(7)16-4-15-11)13-9(22)8(21)6(3-20)23-13;1-5(2,3)4/h2,4,6,8-9,13,20-22H,3H2,1H3,(H2,14,17);(H4,1,2,3,4)/t6-,8-,9-,13-;/m1./s1. The SMILES string of the molecule is CN1N=C(N)c2cn([C@@H]3O[C@H](CO)[C@@H](O)[C@H]3O)c3ncnc1c23.NP(=O)(O)O. The quantitative estimate of drug-likeness (QED) is 0.245. The van der Waals surface area contributed by atoms with E-state index in [-0.39, 0.29) is 0 Å². The van der Waals surface area contributed by atoms with Gasteiger partial charge in [0.05, 0.1) is 12.0 Å². The molecule has 0 amide bonds. The molecule has 0 radical (unpaired) electrons. The molecule has 4 heterocycles. The molecule has 15 heteroatoms. The number of aliphatic hydroxyl groups excluding tert-OH is 3. The van der Waals surface area contributed by atoms with Crippen LogP contribution >= 0.6 is 7.75 Å². The van der Waals surface area contributed by atoms with Crippen molar-refractivity contribution in [3.63, 3.8) is 0 Å². The van der Waals surface area contributed by atoms with E-state index in [2.05, 4.69) is 20.6 Å². The van der Waals surface area contributed by atoms with Crippen molar-refractivity contribution in [1.82, 2.24) is 14.5 Å². The summed E-state index contributed by atoms with van der Waals surface area (Å²) in [6, 6.07) is 0. The molecule has 0 aliphatic carbocycles. The third-order valence-corrected chi connectivity index (χ3v) is 4.22. The minimum atomic E-state index is -4.14. The summed E-state index contributed by atoms with van der Waals surface area (Å²) in [5.74, 6) is 0.884. The van der Waals surface area contributed by atoms with Crippen LogP contribution in [-0.4, -0.2) is 77.4 Å². The van der Waals surface area contributed by atoms with E-state index in [0.29, 0.717) is 28.3 Å². The molecule has 4 atom stereocenters. The maximum atomic E-state index is 10.2. The zero-order valence-electron chi connectivity index (χ0n) is 14.6. The molecule has 4 rings (SSSR count). The smallest absolute Gasteiger partial charge is 0.394 e. The molecular formula is C13H20N7O7P. The molecule has 0 aromatic carbocycles. The Morgan fingerprint density at radius 1 is 1.29 bits per heavy atom.